The van der Waals surface area contributed by atoms with Gasteiger partial charge in [-0.1, -0.05) is 13.3 Å². The molecule has 0 radical (unpaired) electrons. The van der Waals surface area contributed by atoms with Crippen molar-refractivity contribution in [2.75, 3.05) is 40.4 Å². The molecule has 0 bridgehead atoms. The van der Waals surface area contributed by atoms with E-state index in [4.69, 9.17) is 14.6 Å². The van der Waals surface area contributed by atoms with Gasteiger partial charge in [-0.3, -0.25) is 0 Å². The lowest BCUT2D eigenvalue weighted by molar-refractivity contribution is 0.197. The second-order valence-corrected chi connectivity index (χ2v) is 8.59. The van der Waals surface area contributed by atoms with Crippen LogP contribution in [0.5, 0.6) is 0 Å². The minimum Gasteiger partial charge on any atom is -0.398 e. The fourth-order valence-electron chi connectivity index (χ4n) is 1.83. The van der Waals surface area contributed by atoms with E-state index in [0.29, 0.717) is 19.6 Å². The molecule has 0 aromatic heterocycles. The van der Waals surface area contributed by atoms with Crippen LogP contribution in [0.1, 0.15) is 26.2 Å². The van der Waals surface area contributed by atoms with Crippen LogP contribution in [-0.4, -0.2) is 59.9 Å². The first kappa shape index (κ1) is 19.4. The van der Waals surface area contributed by atoms with Crippen molar-refractivity contribution in [3.8, 4) is 0 Å². The summed E-state index contributed by atoms with van der Waals surface area (Å²) in [6.07, 6.45) is 2.94. The Labute approximate surface area is 124 Å². The highest BCUT2D eigenvalue weighted by molar-refractivity contribution is 6.65. The molecule has 0 aliphatic carbocycles. The number of nitrogens with one attached hydrogen (secondary N) is 1. The fraction of sp³-hybridized carbons (Fsp3) is 0.923. The van der Waals surface area contributed by atoms with E-state index in [2.05, 4.69) is 12.2 Å². The molecule has 120 valence electrons. The molecule has 2 amide bonds. The third kappa shape index (κ3) is 7.84. The first-order chi connectivity index (χ1) is 9.52. The van der Waals surface area contributed by atoms with Crippen LogP contribution >= 0.6 is 0 Å². The number of carbonyl (C=O) groups excluding carboxylic acids is 1. The van der Waals surface area contributed by atoms with Crippen LogP contribution < -0.4 is 11.1 Å². The summed E-state index contributed by atoms with van der Waals surface area (Å²) < 4.78 is 10.9. The van der Waals surface area contributed by atoms with Gasteiger partial charge in [0.15, 0.2) is 0 Å². The monoisotopic (exact) mass is 305 g/mol. The normalized spacial score (nSPS) is 11.4. The van der Waals surface area contributed by atoms with Gasteiger partial charge < -0.3 is 24.8 Å². The zero-order valence-electron chi connectivity index (χ0n) is 13.4. The molecule has 0 saturated heterocycles. The Morgan fingerprint density at radius 3 is 2.40 bits per heavy atom. The third-order valence-electron chi connectivity index (χ3n) is 3.42. The smallest absolute Gasteiger partial charge is 0.334 e. The Balaban J connectivity index is 4.16. The lowest BCUT2D eigenvalue weighted by Gasteiger charge is -2.26. The quantitative estimate of drug-likeness (QED) is 0.448. The Morgan fingerprint density at radius 1 is 1.25 bits per heavy atom. The molecule has 6 nitrogen and oxygen atoms in total. The maximum Gasteiger partial charge on any atom is 0.334 e. The van der Waals surface area contributed by atoms with Gasteiger partial charge in [0.05, 0.1) is 0 Å². The highest BCUT2D eigenvalue weighted by atomic mass is 28.4. The predicted octanol–water partition coefficient (Wildman–Crippen LogP) is 1.51. The summed E-state index contributed by atoms with van der Waals surface area (Å²) in [6, 6.07) is 0.839. The second kappa shape index (κ2) is 11.1. The van der Waals surface area contributed by atoms with Crippen molar-refractivity contribution in [2.45, 2.75) is 38.8 Å². The van der Waals surface area contributed by atoms with Gasteiger partial charge >= 0.3 is 14.6 Å². The van der Waals surface area contributed by atoms with Crippen molar-refractivity contribution in [1.29, 1.82) is 0 Å². The first-order valence-corrected chi connectivity index (χ1v) is 9.88. The molecule has 3 N–H and O–H groups in total. The summed E-state index contributed by atoms with van der Waals surface area (Å²) in [5, 5.41) is 2.92. The number of nitrogens with zero attached hydrogens (tertiary/aromatic N) is 1. The topological polar surface area (TPSA) is 76.8 Å². The summed E-state index contributed by atoms with van der Waals surface area (Å²) in [6.45, 7) is 6.59. The Morgan fingerprint density at radius 2 is 1.90 bits per heavy atom. The standard InChI is InChI=1S/C13H31N3O3Si/c1-5-6-9-15-13(17)16(11-8-14)10-7-12-20(4,18-2)19-3/h5-12,14H2,1-4H3,(H,15,17). The zero-order valence-corrected chi connectivity index (χ0v) is 14.4. The summed E-state index contributed by atoms with van der Waals surface area (Å²) in [4.78, 5) is 13.8. The molecule has 0 spiro atoms. The van der Waals surface area contributed by atoms with Gasteiger partial charge in [0.2, 0.25) is 0 Å². The summed E-state index contributed by atoms with van der Waals surface area (Å²) >= 11 is 0. The summed E-state index contributed by atoms with van der Waals surface area (Å²) in [5.41, 5.74) is 5.57. The van der Waals surface area contributed by atoms with E-state index in [1.807, 2.05) is 6.55 Å². The van der Waals surface area contributed by atoms with Crippen molar-refractivity contribution in [2.24, 2.45) is 5.73 Å². The van der Waals surface area contributed by atoms with Crippen molar-refractivity contribution >= 4 is 14.6 Å². The van der Waals surface area contributed by atoms with Gasteiger partial charge in [0, 0.05) is 40.4 Å². The number of carbonyl (C=O) groups is 1. The molecule has 0 saturated carbocycles. The van der Waals surface area contributed by atoms with Gasteiger partial charge in [0.25, 0.3) is 0 Å². The number of unbranched alkanes of at least 4 members (excludes halogenated alkanes) is 1. The first-order valence-electron chi connectivity index (χ1n) is 7.36. The van der Waals surface area contributed by atoms with E-state index < -0.39 is 8.56 Å². The van der Waals surface area contributed by atoms with Crippen LogP contribution in [0.3, 0.4) is 0 Å². The van der Waals surface area contributed by atoms with Crippen LogP contribution in [0, 0.1) is 0 Å². The minimum absolute atomic E-state index is 0.0258. The molecule has 0 heterocycles. The van der Waals surface area contributed by atoms with Gasteiger partial charge in [-0.15, -0.1) is 0 Å². The van der Waals surface area contributed by atoms with Gasteiger partial charge in [-0.2, -0.15) is 0 Å². The van der Waals surface area contributed by atoms with E-state index in [1.165, 1.54) is 0 Å². The van der Waals surface area contributed by atoms with Crippen molar-refractivity contribution in [3.63, 3.8) is 0 Å². The molecule has 7 heteroatoms. The van der Waals surface area contributed by atoms with Gasteiger partial charge in [0.1, 0.15) is 0 Å². The Hall–Kier alpha value is -0.633. The van der Waals surface area contributed by atoms with Crippen molar-refractivity contribution < 1.29 is 13.6 Å². The van der Waals surface area contributed by atoms with E-state index in [-0.39, 0.29) is 6.03 Å². The van der Waals surface area contributed by atoms with Crippen LogP contribution in [-0.2, 0) is 8.85 Å². The van der Waals surface area contributed by atoms with E-state index in [1.54, 1.807) is 19.1 Å². The van der Waals surface area contributed by atoms with Crippen LogP contribution in [0.25, 0.3) is 0 Å². The molecule has 0 atom stereocenters. The number of urea groups is 1. The third-order valence-corrected chi connectivity index (χ3v) is 6.40. The molecule has 0 unspecified atom stereocenters. The largest absolute Gasteiger partial charge is 0.398 e. The molecule has 0 aliphatic heterocycles. The lowest BCUT2D eigenvalue weighted by Crippen LogP contribution is -2.44. The molecule has 0 aromatic carbocycles. The minimum atomic E-state index is -2.04. The summed E-state index contributed by atoms with van der Waals surface area (Å²) in [7, 11) is 1.33. The van der Waals surface area contributed by atoms with Crippen molar-refractivity contribution in [1.82, 2.24) is 10.2 Å². The van der Waals surface area contributed by atoms with Crippen LogP contribution in [0.15, 0.2) is 0 Å². The predicted molar refractivity (Wildman–Crippen MR) is 84.0 cm³/mol. The maximum absolute atomic E-state index is 12.0. The molecule has 0 aromatic rings. The SMILES string of the molecule is CCCCNC(=O)N(CCN)CCC[Si](C)(OC)OC. The maximum atomic E-state index is 12.0. The van der Waals surface area contributed by atoms with E-state index in [0.717, 1.165) is 31.9 Å². The van der Waals surface area contributed by atoms with Crippen LogP contribution in [0.4, 0.5) is 4.79 Å². The molecule has 0 rings (SSSR count). The number of nitrogens with two attached hydrogens (primary N) is 1. The van der Waals surface area contributed by atoms with E-state index in [9.17, 15) is 4.79 Å². The molecular weight excluding hydrogens is 274 g/mol. The van der Waals surface area contributed by atoms with Gasteiger partial charge in [-0.05, 0) is 25.4 Å². The number of hydrogen-bond acceptors (Lipinski definition) is 4. The van der Waals surface area contributed by atoms with Crippen LogP contribution in [0.2, 0.25) is 12.6 Å². The zero-order chi connectivity index (χ0) is 15.4. The fourth-order valence-corrected chi connectivity index (χ4v) is 3.21. The summed E-state index contributed by atoms with van der Waals surface area (Å²) in [5.74, 6) is 0. The number of amides is 2. The van der Waals surface area contributed by atoms with Gasteiger partial charge in [-0.25, -0.2) is 4.79 Å². The lowest BCUT2D eigenvalue weighted by atomic mass is 10.3. The average Bonchev–Trinajstić information content (AvgIpc) is 2.46. The van der Waals surface area contributed by atoms with E-state index >= 15 is 0 Å². The molecular formula is C13H31N3O3Si. The molecule has 0 aliphatic rings. The highest BCUT2D eigenvalue weighted by Crippen LogP contribution is 2.14. The van der Waals surface area contributed by atoms with Crippen molar-refractivity contribution in [3.05, 3.63) is 0 Å². The number of rotatable bonds is 11. The Bertz CT molecular complexity index is 263. The Kier molecular flexibility index (Phi) is 10.7. The highest BCUT2D eigenvalue weighted by Gasteiger charge is 2.28. The average molecular weight is 305 g/mol. The number of hydrogen-bond donors (Lipinski definition) is 2. The second-order valence-electron chi connectivity index (χ2n) is 5.01. The molecule has 0 fully saturated rings. The molecule has 20 heavy (non-hydrogen) atoms.